The Morgan fingerprint density at radius 2 is 1.42 bits per heavy atom. The van der Waals surface area contributed by atoms with E-state index in [0.717, 1.165) is 6.20 Å². The Labute approximate surface area is 208 Å². The topological polar surface area (TPSA) is 273 Å². The molecule has 4 unspecified atom stereocenters. The van der Waals surface area contributed by atoms with E-state index in [-0.39, 0.29) is 5.57 Å². The van der Waals surface area contributed by atoms with E-state index in [4.69, 9.17) is 50.2 Å². The van der Waals surface area contributed by atoms with E-state index in [1.165, 1.54) is 0 Å². The molecule has 24 heteroatoms. The number of nitriles is 1. The van der Waals surface area contributed by atoms with Gasteiger partial charge in [0.05, 0.1) is 0 Å². The molecule has 8 bridgehead atoms. The Hall–Kier alpha value is -0.920. The van der Waals surface area contributed by atoms with Crippen molar-refractivity contribution in [3.63, 3.8) is 0 Å². The molecule has 0 aromatic heterocycles. The van der Waals surface area contributed by atoms with Gasteiger partial charge < -0.3 is 25.2 Å². The number of ether oxygens (including phenoxy) is 2. The number of hydrogen-bond acceptors (Lipinski definition) is 21. The molecular formula is C14H12N3O18P3. The highest BCUT2D eigenvalue weighted by atomic mass is 31.2. The molecule has 38 heavy (non-hydrogen) atoms. The Morgan fingerprint density at radius 1 is 0.842 bits per heavy atom. The lowest BCUT2D eigenvalue weighted by atomic mass is 9.86. The molecule has 0 saturated carbocycles. The minimum Gasteiger partial charge on any atom is -0.387 e. The van der Waals surface area contributed by atoms with E-state index in [1.807, 2.05) is 0 Å². The van der Waals surface area contributed by atoms with Crippen molar-refractivity contribution in [1.29, 1.82) is 5.26 Å². The van der Waals surface area contributed by atoms with Gasteiger partial charge in [0.15, 0.2) is 12.5 Å². The molecule has 4 spiro atoms. The Morgan fingerprint density at radius 3 is 2.08 bits per heavy atom. The van der Waals surface area contributed by atoms with E-state index in [1.54, 1.807) is 6.19 Å². The van der Waals surface area contributed by atoms with Gasteiger partial charge >= 0.3 is 46.8 Å². The third kappa shape index (κ3) is 2.11. The van der Waals surface area contributed by atoms with Gasteiger partial charge in [0.2, 0.25) is 0 Å². The molecule has 0 aliphatic carbocycles. The molecule has 0 aromatic carbocycles. The molecule has 12 rings (SSSR count). The molecule has 0 aromatic rings. The number of phosphoric ester groups is 3. The second-order valence-electron chi connectivity index (χ2n) is 9.38. The minimum atomic E-state index is -4.74. The number of nitrogens with zero attached hydrogens (tertiary/aromatic N) is 2. The van der Waals surface area contributed by atoms with Crippen LogP contribution >= 0.6 is 23.5 Å². The van der Waals surface area contributed by atoms with Crippen LogP contribution in [0, 0.1) is 11.5 Å². The SMILES string of the molecule is N#CN1C=C([C@@H]2O[C@@H](C34OP(=O)(OC56OC37OP3(=O)OC7(O3)C53OP(=O)(O6)O3)O4)[C@@H](O)[C@H]2O)C(O)NC1O. The Balaban J connectivity index is 1.17. The van der Waals surface area contributed by atoms with Gasteiger partial charge in [-0.2, -0.15) is 5.26 Å². The van der Waals surface area contributed by atoms with Gasteiger partial charge in [-0.3, -0.25) is 4.74 Å². The summed E-state index contributed by atoms with van der Waals surface area (Å²) in [5, 5.41) is 53.6. The van der Waals surface area contributed by atoms with Crippen molar-refractivity contribution in [3.8, 4) is 6.19 Å². The number of nitrogens with one attached hydrogen (secondary N) is 1. The van der Waals surface area contributed by atoms with Crippen molar-refractivity contribution < 1.29 is 84.3 Å². The third-order valence-corrected chi connectivity index (χ3v) is 11.7. The van der Waals surface area contributed by atoms with Crippen molar-refractivity contribution in [1.82, 2.24) is 10.2 Å². The third-order valence-electron chi connectivity index (χ3n) is 7.42. The number of aliphatic hydroxyl groups is 4. The molecule has 206 valence electrons. The monoisotopic (exact) mass is 603 g/mol. The lowest BCUT2D eigenvalue weighted by Crippen LogP contribution is -2.80. The first kappa shape index (κ1) is 23.8. The summed E-state index contributed by atoms with van der Waals surface area (Å²) in [6, 6.07) is 0. The predicted octanol–water partition coefficient (Wildman–Crippen LogP) is -2.64. The Kier molecular flexibility index (Phi) is 3.83. The molecule has 21 nitrogen and oxygen atoms in total. The molecule has 0 radical (unpaired) electrons. The lowest BCUT2D eigenvalue weighted by molar-refractivity contribution is -0.445. The molecule has 11 saturated heterocycles. The maximum atomic E-state index is 13.2. The molecule has 8 atom stereocenters. The fourth-order valence-corrected chi connectivity index (χ4v) is 11.2. The van der Waals surface area contributed by atoms with Crippen LogP contribution in [-0.2, 0) is 63.9 Å². The lowest BCUT2D eigenvalue weighted by Gasteiger charge is -2.56. The average Bonchev–Trinajstić information content (AvgIpc) is 3.43. The minimum absolute atomic E-state index is 0.243. The van der Waals surface area contributed by atoms with Crippen LogP contribution in [0.25, 0.3) is 0 Å². The van der Waals surface area contributed by atoms with Gasteiger partial charge in [-0.15, -0.1) is 0 Å². The maximum absolute atomic E-state index is 13.2. The zero-order valence-electron chi connectivity index (χ0n) is 17.8. The van der Waals surface area contributed by atoms with E-state index < -0.39 is 89.6 Å². The quantitative estimate of drug-likeness (QED) is 0.159. The van der Waals surface area contributed by atoms with Crippen molar-refractivity contribution in [2.45, 2.75) is 66.1 Å². The highest BCUT2D eigenvalue weighted by Crippen LogP contribution is 2.99. The van der Waals surface area contributed by atoms with Crippen LogP contribution in [0.15, 0.2) is 11.8 Å². The summed E-state index contributed by atoms with van der Waals surface area (Å²) in [6.45, 7) is 0. The fraction of sp³-hybridized carbons (Fsp3) is 0.786. The van der Waals surface area contributed by atoms with Crippen LogP contribution in [0.2, 0.25) is 0 Å². The predicted molar refractivity (Wildman–Crippen MR) is 98.7 cm³/mol. The molecule has 12 aliphatic rings. The van der Waals surface area contributed by atoms with Crippen LogP contribution in [0.3, 0.4) is 0 Å². The van der Waals surface area contributed by atoms with Crippen LogP contribution in [0.1, 0.15) is 0 Å². The Bertz CT molecular complexity index is 1430. The van der Waals surface area contributed by atoms with Crippen molar-refractivity contribution in [2.24, 2.45) is 0 Å². The number of phosphoric acid groups is 3. The zero-order chi connectivity index (χ0) is 26.5. The molecule has 0 amide bonds. The summed E-state index contributed by atoms with van der Waals surface area (Å²) in [5.74, 6) is -13.6. The maximum Gasteiger partial charge on any atom is 0.485 e. The first-order valence-corrected chi connectivity index (χ1v) is 15.0. The second kappa shape index (κ2) is 6.13. The van der Waals surface area contributed by atoms with Gasteiger partial charge in [-0.1, -0.05) is 0 Å². The van der Waals surface area contributed by atoms with E-state index in [2.05, 4.69) is 5.32 Å². The van der Waals surface area contributed by atoms with Crippen LogP contribution in [-0.4, -0.2) is 91.4 Å². The van der Waals surface area contributed by atoms with Gasteiger partial charge in [-0.05, 0) is 0 Å². The highest BCUT2D eigenvalue weighted by Gasteiger charge is 3.14. The molecule has 5 N–H and O–H groups in total. The average molecular weight is 603 g/mol. The van der Waals surface area contributed by atoms with E-state index in [9.17, 15) is 39.4 Å². The summed E-state index contributed by atoms with van der Waals surface area (Å²) in [4.78, 5) is 0.668. The summed E-state index contributed by atoms with van der Waals surface area (Å²) in [7, 11) is -13.5. The molecule has 11 fully saturated rings. The van der Waals surface area contributed by atoms with Crippen molar-refractivity contribution in [2.75, 3.05) is 0 Å². The number of aliphatic hydroxyl groups excluding tert-OH is 4. The molecule has 12 aliphatic heterocycles. The van der Waals surface area contributed by atoms with Crippen LogP contribution < -0.4 is 5.32 Å². The van der Waals surface area contributed by atoms with E-state index >= 15 is 0 Å². The molecule has 12 heterocycles. The summed E-state index contributed by atoms with van der Waals surface area (Å²) >= 11 is 0. The van der Waals surface area contributed by atoms with Crippen molar-refractivity contribution in [3.05, 3.63) is 11.8 Å². The zero-order valence-corrected chi connectivity index (χ0v) is 20.5. The normalized spacial score (nSPS) is 68.0. The first-order valence-electron chi connectivity index (χ1n) is 10.6. The van der Waals surface area contributed by atoms with E-state index in [0.29, 0.717) is 4.90 Å². The van der Waals surface area contributed by atoms with Crippen molar-refractivity contribution >= 4 is 23.5 Å². The van der Waals surface area contributed by atoms with Crippen LogP contribution in [0.4, 0.5) is 0 Å². The number of hydrogen-bond donors (Lipinski definition) is 5. The standard InChI is InChI=1S/C14H12N3O18P3/c15-2-17-1-3(8(20)16-9(17)21)6-4(18)5(19)7(25-6)10-11-12(30-37(23,29-11)31-12)13-14(26-11,34-36(22,27-10)28-10)35-38(24,32-13)33-13/h1,4-9,16,18-21H/t4-,5+,6+,7-,8?,9?,10?,11?,12?,13?,14?,36?,37?,38?/m1/s1. The highest BCUT2D eigenvalue weighted by molar-refractivity contribution is 7.52. The second-order valence-corrected chi connectivity index (χ2v) is 13.7. The summed E-state index contributed by atoms with van der Waals surface area (Å²) in [5.41, 5.74) is -0.243. The molecular weight excluding hydrogens is 591 g/mol. The van der Waals surface area contributed by atoms with Crippen LogP contribution in [0.5, 0.6) is 0 Å². The largest absolute Gasteiger partial charge is 0.485 e. The number of rotatable bonds is 2. The van der Waals surface area contributed by atoms with Gasteiger partial charge in [0, 0.05) is 11.8 Å². The fourth-order valence-electron chi connectivity index (χ4n) is 5.99. The smallest absolute Gasteiger partial charge is 0.387 e. The van der Waals surface area contributed by atoms with Gasteiger partial charge in [-0.25, -0.2) is 64.6 Å². The summed E-state index contributed by atoms with van der Waals surface area (Å²) in [6.07, 6.45) is -8.26. The van der Waals surface area contributed by atoms with Gasteiger partial charge in [0.1, 0.15) is 30.6 Å². The summed E-state index contributed by atoms with van der Waals surface area (Å²) < 4.78 is 98.2. The van der Waals surface area contributed by atoms with Gasteiger partial charge in [0.25, 0.3) is 5.79 Å². The first-order chi connectivity index (χ1) is 17.7.